The minimum Gasteiger partial charge on any atom is -0.382 e. The van der Waals surface area contributed by atoms with Gasteiger partial charge in [0.15, 0.2) is 0 Å². The van der Waals surface area contributed by atoms with Crippen LogP contribution in [0.4, 0.5) is 5.69 Å². The van der Waals surface area contributed by atoms with E-state index in [1.54, 1.807) is 0 Å². The second-order valence-corrected chi connectivity index (χ2v) is 6.93. The van der Waals surface area contributed by atoms with Crippen LogP contribution in [0.5, 0.6) is 0 Å². The Balaban J connectivity index is 1.43. The van der Waals surface area contributed by atoms with Crippen molar-refractivity contribution in [3.05, 3.63) is 35.5 Å². The number of hydrogen-bond acceptors (Lipinski definition) is 4. The Bertz CT molecular complexity index is 679. The zero-order valence-electron chi connectivity index (χ0n) is 13.2. The van der Waals surface area contributed by atoms with Crippen molar-refractivity contribution < 1.29 is 4.74 Å². The third-order valence-electron chi connectivity index (χ3n) is 5.02. The number of ether oxygens (including phenoxy) is 1. The van der Waals surface area contributed by atoms with E-state index in [2.05, 4.69) is 27.3 Å². The number of rotatable bonds is 3. The Hall–Kier alpha value is -1.36. The first-order chi connectivity index (χ1) is 11.3. The fourth-order valence-corrected chi connectivity index (χ4v) is 3.85. The molecular weight excluding hydrogens is 310 g/mol. The normalized spacial score (nSPS) is 23.4. The van der Waals surface area contributed by atoms with Crippen molar-refractivity contribution in [3.63, 3.8) is 0 Å². The molecule has 23 heavy (non-hydrogen) atoms. The minimum absolute atomic E-state index is 0.523. The lowest BCUT2D eigenvalue weighted by Crippen LogP contribution is -2.44. The van der Waals surface area contributed by atoms with Crippen molar-refractivity contribution in [1.29, 1.82) is 0 Å². The maximum atomic E-state index is 6.06. The van der Waals surface area contributed by atoms with Gasteiger partial charge in [-0.25, -0.2) is 0 Å². The van der Waals surface area contributed by atoms with Crippen LogP contribution >= 0.6 is 11.6 Å². The molecule has 1 unspecified atom stereocenters. The molecule has 2 aromatic rings. The Labute approximate surface area is 141 Å². The standard InChI is InChI=1S/C18H22ClN3O/c19-13-1-2-16-17(3-7-20-18(16)11-13)21-14-4-8-22(9-5-14)15-6-10-23-12-15/h1-3,7,11,14-15H,4-6,8-10,12H2,(H,20,21). The number of halogens is 1. The van der Waals surface area contributed by atoms with Gasteiger partial charge < -0.3 is 10.1 Å². The number of nitrogens with one attached hydrogen (secondary N) is 1. The molecule has 2 saturated heterocycles. The molecular formula is C18H22ClN3O. The zero-order valence-corrected chi connectivity index (χ0v) is 13.9. The minimum atomic E-state index is 0.523. The highest BCUT2D eigenvalue weighted by molar-refractivity contribution is 6.31. The molecule has 4 nitrogen and oxygen atoms in total. The number of aromatic nitrogens is 1. The van der Waals surface area contributed by atoms with Crippen molar-refractivity contribution in [2.75, 3.05) is 31.6 Å². The van der Waals surface area contributed by atoms with E-state index in [4.69, 9.17) is 16.3 Å². The molecule has 0 saturated carbocycles. The summed E-state index contributed by atoms with van der Waals surface area (Å²) < 4.78 is 5.52. The van der Waals surface area contributed by atoms with E-state index in [9.17, 15) is 0 Å². The number of anilines is 1. The summed E-state index contributed by atoms with van der Waals surface area (Å²) in [4.78, 5) is 7.01. The number of piperidine rings is 1. The Morgan fingerprint density at radius 2 is 2.04 bits per heavy atom. The third-order valence-corrected chi connectivity index (χ3v) is 5.25. The van der Waals surface area contributed by atoms with Crippen LogP contribution in [0.15, 0.2) is 30.5 Å². The highest BCUT2D eigenvalue weighted by atomic mass is 35.5. The van der Waals surface area contributed by atoms with E-state index in [1.165, 1.54) is 19.3 Å². The van der Waals surface area contributed by atoms with E-state index < -0.39 is 0 Å². The summed E-state index contributed by atoms with van der Waals surface area (Å²) >= 11 is 6.06. The van der Waals surface area contributed by atoms with Gasteiger partial charge in [0.2, 0.25) is 0 Å². The third kappa shape index (κ3) is 3.30. The summed E-state index contributed by atoms with van der Waals surface area (Å²) in [6, 6.07) is 9.13. The largest absolute Gasteiger partial charge is 0.382 e. The second kappa shape index (κ2) is 6.63. The van der Waals surface area contributed by atoms with Crippen LogP contribution in [0.1, 0.15) is 19.3 Å². The SMILES string of the molecule is Clc1ccc2c(NC3CCN(C4CCOC4)CC3)ccnc2c1. The molecule has 0 spiro atoms. The lowest BCUT2D eigenvalue weighted by molar-refractivity contribution is 0.124. The van der Waals surface area contributed by atoms with Crippen molar-refractivity contribution in [1.82, 2.24) is 9.88 Å². The van der Waals surface area contributed by atoms with Gasteiger partial charge in [-0.3, -0.25) is 9.88 Å². The smallest absolute Gasteiger partial charge is 0.0737 e. The molecule has 2 aliphatic rings. The Morgan fingerprint density at radius 3 is 2.83 bits per heavy atom. The van der Waals surface area contributed by atoms with Gasteiger partial charge in [-0.2, -0.15) is 0 Å². The number of likely N-dealkylation sites (tertiary alicyclic amines) is 1. The maximum Gasteiger partial charge on any atom is 0.0737 e. The summed E-state index contributed by atoms with van der Waals surface area (Å²) in [5, 5.41) is 5.59. The molecule has 122 valence electrons. The number of pyridine rings is 1. The van der Waals surface area contributed by atoms with Crippen LogP contribution < -0.4 is 5.32 Å². The fraction of sp³-hybridized carbons (Fsp3) is 0.500. The highest BCUT2D eigenvalue weighted by Gasteiger charge is 2.27. The number of benzene rings is 1. The Kier molecular flexibility index (Phi) is 4.38. The lowest BCUT2D eigenvalue weighted by Gasteiger charge is -2.36. The molecule has 4 rings (SSSR count). The molecule has 3 heterocycles. The lowest BCUT2D eigenvalue weighted by atomic mass is 10.0. The molecule has 0 radical (unpaired) electrons. The molecule has 0 aliphatic carbocycles. The monoisotopic (exact) mass is 331 g/mol. The van der Waals surface area contributed by atoms with Gasteiger partial charge in [-0.15, -0.1) is 0 Å². The van der Waals surface area contributed by atoms with Crippen LogP contribution in [-0.2, 0) is 4.74 Å². The van der Waals surface area contributed by atoms with Gasteiger partial charge in [0.05, 0.1) is 12.1 Å². The Morgan fingerprint density at radius 1 is 1.17 bits per heavy atom. The van der Waals surface area contributed by atoms with Crippen LogP contribution in [0, 0.1) is 0 Å². The topological polar surface area (TPSA) is 37.4 Å². The van der Waals surface area contributed by atoms with E-state index >= 15 is 0 Å². The molecule has 5 heteroatoms. The number of hydrogen-bond donors (Lipinski definition) is 1. The van der Waals surface area contributed by atoms with Gasteiger partial charge in [-0.1, -0.05) is 11.6 Å². The molecule has 2 aliphatic heterocycles. The van der Waals surface area contributed by atoms with E-state index in [-0.39, 0.29) is 0 Å². The summed E-state index contributed by atoms with van der Waals surface area (Å²) in [6.07, 6.45) is 5.39. The predicted molar refractivity (Wildman–Crippen MR) is 94.2 cm³/mol. The molecule has 1 aromatic carbocycles. The van der Waals surface area contributed by atoms with Gasteiger partial charge in [0.25, 0.3) is 0 Å². The predicted octanol–water partition coefficient (Wildman–Crippen LogP) is 3.55. The average Bonchev–Trinajstić information content (AvgIpc) is 3.10. The fourth-order valence-electron chi connectivity index (χ4n) is 3.69. The van der Waals surface area contributed by atoms with Gasteiger partial charge >= 0.3 is 0 Å². The molecule has 1 N–H and O–H groups in total. The van der Waals surface area contributed by atoms with Crippen molar-refractivity contribution in [2.24, 2.45) is 0 Å². The van der Waals surface area contributed by atoms with Crippen molar-refractivity contribution >= 4 is 28.2 Å². The summed E-state index contributed by atoms with van der Waals surface area (Å²) in [5.41, 5.74) is 2.11. The second-order valence-electron chi connectivity index (χ2n) is 6.49. The number of nitrogens with zero attached hydrogens (tertiary/aromatic N) is 2. The molecule has 0 bridgehead atoms. The van der Waals surface area contributed by atoms with Gasteiger partial charge in [0, 0.05) is 54.1 Å². The van der Waals surface area contributed by atoms with Gasteiger partial charge in [-0.05, 0) is 43.5 Å². The summed E-state index contributed by atoms with van der Waals surface area (Å²) in [5.74, 6) is 0. The quantitative estimate of drug-likeness (QED) is 0.933. The van der Waals surface area contributed by atoms with Crippen LogP contribution in [0.2, 0.25) is 5.02 Å². The molecule has 0 amide bonds. The van der Waals surface area contributed by atoms with Crippen LogP contribution in [0.25, 0.3) is 10.9 Å². The molecule has 2 fully saturated rings. The van der Waals surface area contributed by atoms with E-state index in [1.807, 2.05) is 18.3 Å². The highest BCUT2D eigenvalue weighted by Crippen LogP contribution is 2.27. The van der Waals surface area contributed by atoms with Gasteiger partial charge in [0.1, 0.15) is 0 Å². The van der Waals surface area contributed by atoms with Crippen molar-refractivity contribution in [2.45, 2.75) is 31.3 Å². The van der Waals surface area contributed by atoms with Crippen LogP contribution in [0.3, 0.4) is 0 Å². The first-order valence-electron chi connectivity index (χ1n) is 8.42. The zero-order chi connectivity index (χ0) is 15.6. The van der Waals surface area contributed by atoms with Crippen molar-refractivity contribution in [3.8, 4) is 0 Å². The first-order valence-corrected chi connectivity index (χ1v) is 8.80. The number of fused-ring (bicyclic) bond motifs is 1. The summed E-state index contributed by atoms with van der Waals surface area (Å²) in [7, 11) is 0. The average molecular weight is 332 g/mol. The van der Waals surface area contributed by atoms with E-state index in [0.29, 0.717) is 12.1 Å². The maximum absolute atomic E-state index is 6.06. The first kappa shape index (κ1) is 15.2. The summed E-state index contributed by atoms with van der Waals surface area (Å²) in [6.45, 7) is 4.14. The van der Waals surface area contributed by atoms with E-state index in [0.717, 1.165) is 47.9 Å². The van der Waals surface area contributed by atoms with Crippen LogP contribution in [-0.4, -0.2) is 48.3 Å². The molecule has 1 aromatic heterocycles. The molecule has 1 atom stereocenters.